The van der Waals surface area contributed by atoms with Crippen LogP contribution in [-0.4, -0.2) is 35.1 Å². The average Bonchev–Trinajstić information content (AvgIpc) is 3.55. The van der Waals surface area contributed by atoms with E-state index in [0.29, 0.717) is 24.0 Å². The normalized spacial score (nSPS) is 13.8. The van der Waals surface area contributed by atoms with Gasteiger partial charge in [0.25, 0.3) is 5.91 Å². The molecule has 0 spiro atoms. The Bertz CT molecular complexity index is 955. The van der Waals surface area contributed by atoms with Gasteiger partial charge in [0.05, 0.1) is 19.1 Å². The van der Waals surface area contributed by atoms with E-state index in [0.717, 1.165) is 18.4 Å². The van der Waals surface area contributed by atoms with E-state index in [-0.39, 0.29) is 22.9 Å². The molecule has 0 bridgehead atoms. The van der Waals surface area contributed by atoms with Gasteiger partial charge in [-0.1, -0.05) is 6.07 Å². The van der Waals surface area contributed by atoms with Gasteiger partial charge in [0, 0.05) is 30.3 Å². The van der Waals surface area contributed by atoms with E-state index in [1.165, 1.54) is 12.1 Å². The van der Waals surface area contributed by atoms with Crippen molar-refractivity contribution in [3.63, 3.8) is 0 Å². The van der Waals surface area contributed by atoms with Gasteiger partial charge in [0.2, 0.25) is 10.0 Å². The molecule has 28 heavy (non-hydrogen) atoms. The first-order valence-corrected chi connectivity index (χ1v) is 10.5. The Morgan fingerprint density at radius 2 is 1.89 bits per heavy atom. The molecule has 1 amide bonds. The third kappa shape index (κ3) is 5.02. The number of hydrogen-bond acceptors (Lipinski definition) is 5. The zero-order valence-corrected chi connectivity index (χ0v) is 16.7. The zero-order valence-electron chi connectivity index (χ0n) is 15.9. The van der Waals surface area contributed by atoms with Crippen LogP contribution in [0, 0.1) is 5.92 Å². The maximum absolute atomic E-state index is 12.5. The average molecular weight is 404 g/mol. The summed E-state index contributed by atoms with van der Waals surface area (Å²) in [6.45, 7) is 0.679. The van der Waals surface area contributed by atoms with Crippen molar-refractivity contribution in [3.05, 3.63) is 53.6 Å². The summed E-state index contributed by atoms with van der Waals surface area (Å²) < 4.78 is 37.9. The van der Waals surface area contributed by atoms with Crippen molar-refractivity contribution in [2.75, 3.05) is 20.8 Å². The molecule has 0 unspecified atom stereocenters. The number of amides is 1. The molecule has 7 nitrogen and oxygen atoms in total. The zero-order chi connectivity index (χ0) is 20.1. The van der Waals surface area contributed by atoms with Crippen LogP contribution in [0.25, 0.3) is 0 Å². The Morgan fingerprint density at radius 1 is 1.11 bits per heavy atom. The summed E-state index contributed by atoms with van der Waals surface area (Å²) >= 11 is 0. The summed E-state index contributed by atoms with van der Waals surface area (Å²) in [5.74, 6) is 1.32. The van der Waals surface area contributed by atoms with Crippen LogP contribution < -0.4 is 19.5 Å². The first kappa shape index (κ1) is 20.2. The first-order valence-electron chi connectivity index (χ1n) is 9.02. The predicted octanol–water partition coefficient (Wildman–Crippen LogP) is 2.32. The number of methoxy groups -OCH3 is 2. The summed E-state index contributed by atoms with van der Waals surface area (Å²) in [4.78, 5) is 12.6. The van der Waals surface area contributed by atoms with E-state index in [4.69, 9.17) is 9.47 Å². The molecule has 0 heterocycles. The second-order valence-electron chi connectivity index (χ2n) is 6.68. The van der Waals surface area contributed by atoms with Crippen molar-refractivity contribution < 1.29 is 22.7 Å². The number of benzene rings is 2. The lowest BCUT2D eigenvalue weighted by Crippen LogP contribution is -2.27. The topological polar surface area (TPSA) is 93.7 Å². The Balaban J connectivity index is 1.68. The SMILES string of the molecule is COc1ccc(CNC(=O)c2cccc(S(=O)(=O)NCC3CC3)c2)c(OC)c1. The lowest BCUT2D eigenvalue weighted by atomic mass is 10.1. The highest BCUT2D eigenvalue weighted by molar-refractivity contribution is 7.89. The van der Waals surface area contributed by atoms with Gasteiger partial charge in [-0.15, -0.1) is 0 Å². The summed E-state index contributed by atoms with van der Waals surface area (Å²) in [7, 11) is -0.510. The van der Waals surface area contributed by atoms with E-state index < -0.39 is 10.0 Å². The molecule has 3 rings (SSSR count). The molecule has 150 valence electrons. The highest BCUT2D eigenvalue weighted by Crippen LogP contribution is 2.28. The quantitative estimate of drug-likeness (QED) is 0.669. The minimum absolute atomic E-state index is 0.0860. The third-order valence-corrected chi connectivity index (χ3v) is 6.02. The van der Waals surface area contributed by atoms with Gasteiger partial charge in [-0.3, -0.25) is 4.79 Å². The van der Waals surface area contributed by atoms with Crippen LogP contribution in [0.2, 0.25) is 0 Å². The molecule has 1 aliphatic rings. The van der Waals surface area contributed by atoms with Gasteiger partial charge in [-0.2, -0.15) is 0 Å². The van der Waals surface area contributed by atoms with Crippen molar-refractivity contribution in [3.8, 4) is 11.5 Å². The van der Waals surface area contributed by atoms with Gasteiger partial charge in [-0.05, 0) is 49.1 Å². The molecule has 0 atom stereocenters. The summed E-state index contributed by atoms with van der Waals surface area (Å²) in [6.07, 6.45) is 2.11. The fraction of sp³-hybridized carbons (Fsp3) is 0.350. The molecular formula is C20H24N2O5S. The first-order chi connectivity index (χ1) is 13.4. The van der Waals surface area contributed by atoms with Crippen molar-refractivity contribution in [1.82, 2.24) is 10.0 Å². The number of ether oxygens (including phenoxy) is 2. The number of carbonyl (C=O) groups is 1. The predicted molar refractivity (Wildman–Crippen MR) is 105 cm³/mol. The lowest BCUT2D eigenvalue weighted by Gasteiger charge is -2.12. The molecule has 8 heteroatoms. The maximum Gasteiger partial charge on any atom is 0.251 e. The second kappa shape index (κ2) is 8.62. The van der Waals surface area contributed by atoms with E-state index in [9.17, 15) is 13.2 Å². The van der Waals surface area contributed by atoms with Crippen molar-refractivity contribution in [1.29, 1.82) is 0 Å². The standard InChI is InChI=1S/C20H24N2O5S/c1-26-17-9-8-16(19(11-17)27-2)13-21-20(23)15-4-3-5-18(10-15)28(24,25)22-12-14-6-7-14/h3-5,8-11,14,22H,6-7,12-13H2,1-2H3,(H,21,23). The van der Waals surface area contributed by atoms with Crippen LogP contribution in [0.15, 0.2) is 47.4 Å². The monoisotopic (exact) mass is 404 g/mol. The van der Waals surface area contributed by atoms with Crippen molar-refractivity contribution >= 4 is 15.9 Å². The molecular weight excluding hydrogens is 380 g/mol. The van der Waals surface area contributed by atoms with Gasteiger partial charge in [-0.25, -0.2) is 13.1 Å². The summed E-state index contributed by atoms with van der Waals surface area (Å²) in [5.41, 5.74) is 1.06. The highest BCUT2D eigenvalue weighted by atomic mass is 32.2. The molecule has 2 N–H and O–H groups in total. The molecule has 1 fully saturated rings. The molecule has 2 aromatic carbocycles. The van der Waals surface area contributed by atoms with Crippen molar-refractivity contribution in [2.45, 2.75) is 24.3 Å². The van der Waals surface area contributed by atoms with Crippen molar-refractivity contribution in [2.24, 2.45) is 5.92 Å². The molecule has 0 radical (unpaired) electrons. The fourth-order valence-corrected chi connectivity index (χ4v) is 3.87. The van der Waals surface area contributed by atoms with E-state index in [1.54, 1.807) is 44.6 Å². The lowest BCUT2D eigenvalue weighted by molar-refractivity contribution is 0.0950. The molecule has 2 aromatic rings. The van der Waals surface area contributed by atoms with Gasteiger partial charge in [0.15, 0.2) is 0 Å². The van der Waals surface area contributed by atoms with Gasteiger partial charge >= 0.3 is 0 Å². The molecule has 1 aliphatic carbocycles. The second-order valence-corrected chi connectivity index (χ2v) is 8.45. The minimum Gasteiger partial charge on any atom is -0.497 e. The molecule has 0 aromatic heterocycles. The third-order valence-electron chi connectivity index (χ3n) is 4.60. The molecule has 1 saturated carbocycles. The number of hydrogen-bond donors (Lipinski definition) is 2. The van der Waals surface area contributed by atoms with Crippen LogP contribution in [0.3, 0.4) is 0 Å². The number of rotatable bonds is 9. The van der Waals surface area contributed by atoms with E-state index >= 15 is 0 Å². The summed E-state index contributed by atoms with van der Waals surface area (Å²) in [5, 5.41) is 2.79. The Morgan fingerprint density at radius 3 is 2.57 bits per heavy atom. The van der Waals surface area contributed by atoms with E-state index in [2.05, 4.69) is 10.0 Å². The minimum atomic E-state index is -3.62. The maximum atomic E-state index is 12.5. The Kier molecular flexibility index (Phi) is 6.21. The van der Waals surface area contributed by atoms with Crippen LogP contribution >= 0.6 is 0 Å². The highest BCUT2D eigenvalue weighted by Gasteiger charge is 2.24. The van der Waals surface area contributed by atoms with Crippen LogP contribution in [-0.2, 0) is 16.6 Å². The van der Waals surface area contributed by atoms with Gasteiger partial charge in [0.1, 0.15) is 11.5 Å². The number of nitrogens with one attached hydrogen (secondary N) is 2. The fourth-order valence-electron chi connectivity index (χ4n) is 2.71. The Labute approximate surface area is 165 Å². The number of sulfonamides is 1. The Hall–Kier alpha value is -2.58. The molecule has 0 saturated heterocycles. The van der Waals surface area contributed by atoms with E-state index in [1.807, 2.05) is 0 Å². The van der Waals surface area contributed by atoms with Crippen LogP contribution in [0.4, 0.5) is 0 Å². The smallest absolute Gasteiger partial charge is 0.251 e. The van der Waals surface area contributed by atoms with Crippen LogP contribution in [0.1, 0.15) is 28.8 Å². The largest absolute Gasteiger partial charge is 0.497 e. The van der Waals surface area contributed by atoms with Gasteiger partial charge < -0.3 is 14.8 Å². The number of carbonyl (C=O) groups excluding carboxylic acids is 1. The summed E-state index contributed by atoms with van der Waals surface area (Å²) in [6, 6.07) is 11.3. The van der Waals surface area contributed by atoms with Crippen LogP contribution in [0.5, 0.6) is 11.5 Å². The molecule has 0 aliphatic heterocycles.